The van der Waals surface area contributed by atoms with Crippen LogP contribution < -0.4 is 10.6 Å². The fourth-order valence-corrected chi connectivity index (χ4v) is 3.03. The molecule has 0 bridgehead atoms. The number of carbonyl (C=O) groups excluding carboxylic acids is 1. The number of aromatic nitrogens is 2. The van der Waals surface area contributed by atoms with Crippen molar-refractivity contribution in [2.75, 3.05) is 23.7 Å². The van der Waals surface area contributed by atoms with Crippen LogP contribution in [0.4, 0.5) is 11.6 Å². The van der Waals surface area contributed by atoms with Gasteiger partial charge in [0, 0.05) is 19.3 Å². The number of hydrogen-bond donors (Lipinski definition) is 1. The summed E-state index contributed by atoms with van der Waals surface area (Å²) in [7, 11) is 0. The van der Waals surface area contributed by atoms with E-state index in [1.165, 1.54) is 12.8 Å². The Morgan fingerprint density at radius 1 is 1.13 bits per heavy atom. The predicted molar refractivity (Wildman–Crippen MR) is 92.0 cm³/mol. The molecule has 1 aliphatic rings. The van der Waals surface area contributed by atoms with Crippen LogP contribution >= 0.6 is 11.6 Å². The van der Waals surface area contributed by atoms with Gasteiger partial charge in [-0.2, -0.15) is 0 Å². The van der Waals surface area contributed by atoms with Crippen molar-refractivity contribution in [1.29, 1.82) is 0 Å². The van der Waals surface area contributed by atoms with Crippen molar-refractivity contribution < 1.29 is 4.79 Å². The normalized spacial score (nSPS) is 15.3. The van der Waals surface area contributed by atoms with Gasteiger partial charge < -0.3 is 10.6 Å². The highest BCUT2D eigenvalue weighted by atomic mass is 35.5. The summed E-state index contributed by atoms with van der Waals surface area (Å²) in [6.07, 6.45) is 6.24. The van der Waals surface area contributed by atoms with E-state index in [1.807, 2.05) is 0 Å². The zero-order valence-corrected chi connectivity index (χ0v) is 13.6. The third-order valence-corrected chi connectivity index (χ3v) is 4.34. The Morgan fingerprint density at radius 2 is 1.87 bits per heavy atom. The quantitative estimate of drug-likeness (QED) is 0.874. The van der Waals surface area contributed by atoms with Crippen molar-refractivity contribution >= 4 is 29.0 Å². The van der Waals surface area contributed by atoms with E-state index in [9.17, 15) is 4.79 Å². The molecule has 23 heavy (non-hydrogen) atoms. The van der Waals surface area contributed by atoms with Gasteiger partial charge in [-0.1, -0.05) is 24.4 Å². The maximum atomic E-state index is 12.6. The molecule has 0 amide bonds. The fourth-order valence-electron chi connectivity index (χ4n) is 2.81. The zero-order valence-electron chi connectivity index (χ0n) is 12.8. The van der Waals surface area contributed by atoms with Gasteiger partial charge in [0.2, 0.25) is 5.78 Å². The lowest BCUT2D eigenvalue weighted by atomic mass is 10.1. The van der Waals surface area contributed by atoms with E-state index in [0.717, 1.165) is 25.9 Å². The van der Waals surface area contributed by atoms with Crippen molar-refractivity contribution in [3.05, 3.63) is 46.7 Å². The molecule has 1 saturated heterocycles. The summed E-state index contributed by atoms with van der Waals surface area (Å²) >= 11 is 6.31. The highest BCUT2D eigenvalue weighted by molar-refractivity contribution is 6.33. The number of pyridine rings is 2. The first-order valence-corrected chi connectivity index (χ1v) is 8.21. The van der Waals surface area contributed by atoms with Crippen molar-refractivity contribution in [1.82, 2.24) is 9.97 Å². The molecule has 0 aromatic carbocycles. The van der Waals surface area contributed by atoms with E-state index < -0.39 is 0 Å². The van der Waals surface area contributed by atoms with Gasteiger partial charge in [-0.3, -0.25) is 4.79 Å². The van der Waals surface area contributed by atoms with Gasteiger partial charge in [-0.25, -0.2) is 9.97 Å². The molecule has 0 saturated carbocycles. The van der Waals surface area contributed by atoms with Crippen LogP contribution in [0.2, 0.25) is 5.02 Å². The molecule has 0 aliphatic carbocycles. The van der Waals surface area contributed by atoms with Gasteiger partial charge in [0.1, 0.15) is 17.3 Å². The van der Waals surface area contributed by atoms with E-state index in [4.69, 9.17) is 17.3 Å². The van der Waals surface area contributed by atoms with Gasteiger partial charge in [0.15, 0.2) is 0 Å². The highest BCUT2D eigenvalue weighted by Gasteiger charge is 2.19. The van der Waals surface area contributed by atoms with Crippen molar-refractivity contribution in [3.8, 4) is 0 Å². The number of hydrogen-bond acceptors (Lipinski definition) is 5. The average molecular weight is 331 g/mol. The van der Waals surface area contributed by atoms with E-state index in [1.54, 1.807) is 30.5 Å². The summed E-state index contributed by atoms with van der Waals surface area (Å²) in [6, 6.07) is 6.72. The van der Waals surface area contributed by atoms with Crippen molar-refractivity contribution in [2.45, 2.75) is 25.7 Å². The minimum atomic E-state index is -0.233. The summed E-state index contributed by atoms with van der Waals surface area (Å²) in [5.74, 6) is 0.663. The van der Waals surface area contributed by atoms with Gasteiger partial charge in [0.25, 0.3) is 0 Å². The number of ketones is 1. The van der Waals surface area contributed by atoms with Gasteiger partial charge in [-0.15, -0.1) is 0 Å². The van der Waals surface area contributed by atoms with Crippen molar-refractivity contribution in [3.63, 3.8) is 0 Å². The molecule has 2 N–H and O–H groups in total. The standard InChI is InChI=1S/C17H19ClN4O/c18-13-7-8-14(15(23)12-6-5-9-20-16(12)19)21-17(13)22-10-3-1-2-4-11-22/h5-9H,1-4,10-11H2,(H2,19,20). The Balaban J connectivity index is 1.93. The molecule has 0 spiro atoms. The zero-order chi connectivity index (χ0) is 16.2. The van der Waals surface area contributed by atoms with Crippen LogP contribution in [0.5, 0.6) is 0 Å². The molecule has 0 unspecified atom stereocenters. The van der Waals surface area contributed by atoms with Crippen LogP contribution in [0, 0.1) is 0 Å². The van der Waals surface area contributed by atoms with Crippen LogP contribution in [0.25, 0.3) is 0 Å². The SMILES string of the molecule is Nc1ncccc1C(=O)c1ccc(Cl)c(N2CCCCCC2)n1. The molecular formula is C17H19ClN4O. The monoisotopic (exact) mass is 330 g/mol. The Morgan fingerprint density at radius 3 is 2.57 bits per heavy atom. The summed E-state index contributed by atoms with van der Waals surface area (Å²) in [4.78, 5) is 23.3. The van der Waals surface area contributed by atoms with E-state index >= 15 is 0 Å². The van der Waals surface area contributed by atoms with Crippen LogP contribution in [0.15, 0.2) is 30.5 Å². The lowest BCUT2D eigenvalue weighted by molar-refractivity contribution is 0.103. The number of rotatable bonds is 3. The molecule has 3 heterocycles. The van der Waals surface area contributed by atoms with Gasteiger partial charge in [-0.05, 0) is 37.1 Å². The summed E-state index contributed by atoms with van der Waals surface area (Å²) in [6.45, 7) is 1.83. The second-order valence-corrected chi connectivity index (χ2v) is 6.08. The Labute approximate surface area is 140 Å². The second kappa shape index (κ2) is 6.96. The fraction of sp³-hybridized carbons (Fsp3) is 0.353. The predicted octanol–water partition coefficient (Wildman–Crippen LogP) is 3.32. The molecule has 1 fully saturated rings. The van der Waals surface area contributed by atoms with Crippen molar-refractivity contribution in [2.24, 2.45) is 0 Å². The third-order valence-electron chi connectivity index (χ3n) is 4.05. The molecule has 1 aliphatic heterocycles. The smallest absolute Gasteiger partial charge is 0.215 e. The molecule has 2 aromatic rings. The number of carbonyl (C=O) groups is 1. The summed E-state index contributed by atoms with van der Waals surface area (Å²) in [5, 5.41) is 0.572. The molecule has 2 aromatic heterocycles. The highest BCUT2D eigenvalue weighted by Crippen LogP contribution is 2.27. The first-order valence-electron chi connectivity index (χ1n) is 7.83. The average Bonchev–Trinajstić information content (AvgIpc) is 2.84. The van der Waals surface area contributed by atoms with Crippen LogP contribution in [-0.2, 0) is 0 Å². The lowest BCUT2D eigenvalue weighted by Gasteiger charge is -2.22. The summed E-state index contributed by atoms with van der Waals surface area (Å²) < 4.78 is 0. The number of halogens is 1. The number of anilines is 2. The first-order chi connectivity index (χ1) is 11.2. The minimum Gasteiger partial charge on any atom is -0.383 e. The van der Waals surface area contributed by atoms with Crippen LogP contribution in [-0.4, -0.2) is 28.8 Å². The summed E-state index contributed by atoms with van der Waals surface area (Å²) in [5.41, 5.74) is 6.50. The van der Waals surface area contributed by atoms with Crippen LogP contribution in [0.1, 0.15) is 41.7 Å². The number of nitrogens with zero attached hydrogens (tertiary/aromatic N) is 3. The minimum absolute atomic E-state index is 0.213. The Hall–Kier alpha value is -2.14. The molecule has 5 nitrogen and oxygen atoms in total. The lowest BCUT2D eigenvalue weighted by Crippen LogP contribution is -2.26. The molecular weight excluding hydrogens is 312 g/mol. The van der Waals surface area contributed by atoms with E-state index in [-0.39, 0.29) is 11.6 Å². The maximum absolute atomic E-state index is 12.6. The molecule has 120 valence electrons. The topological polar surface area (TPSA) is 72.1 Å². The van der Waals surface area contributed by atoms with Crippen LogP contribution in [0.3, 0.4) is 0 Å². The second-order valence-electron chi connectivity index (χ2n) is 5.67. The number of nitrogen functional groups attached to an aromatic ring is 1. The molecule has 0 atom stereocenters. The Kier molecular flexibility index (Phi) is 4.76. The largest absolute Gasteiger partial charge is 0.383 e. The maximum Gasteiger partial charge on any atom is 0.215 e. The Bertz CT molecular complexity index is 711. The first kappa shape index (κ1) is 15.7. The van der Waals surface area contributed by atoms with Gasteiger partial charge in [0.05, 0.1) is 10.6 Å². The van der Waals surface area contributed by atoms with E-state index in [2.05, 4.69) is 14.9 Å². The molecule has 6 heteroatoms. The third kappa shape index (κ3) is 3.45. The van der Waals surface area contributed by atoms with Gasteiger partial charge >= 0.3 is 0 Å². The molecule has 0 radical (unpaired) electrons. The van der Waals surface area contributed by atoms with E-state index in [0.29, 0.717) is 22.1 Å². The number of nitrogens with two attached hydrogens (primary N) is 1. The molecule has 3 rings (SSSR count).